The summed E-state index contributed by atoms with van der Waals surface area (Å²) in [6.45, 7) is 1.63. The van der Waals surface area contributed by atoms with Gasteiger partial charge in [-0.15, -0.1) is 11.3 Å². The number of hydrogen-bond acceptors (Lipinski definition) is 5. The predicted molar refractivity (Wildman–Crippen MR) is 103 cm³/mol. The molecular weight excluding hydrogens is 366 g/mol. The van der Waals surface area contributed by atoms with Crippen LogP contribution in [0.2, 0.25) is 0 Å². The minimum absolute atomic E-state index is 0.136. The first-order valence-electron chi connectivity index (χ1n) is 8.10. The van der Waals surface area contributed by atoms with Gasteiger partial charge >= 0.3 is 0 Å². The monoisotopic (exact) mass is 383 g/mol. The number of aryl methyl sites for hydroxylation is 1. The molecule has 2 aromatic heterocycles. The lowest BCUT2D eigenvalue weighted by molar-refractivity contribution is -0.115. The number of nitrogens with one attached hydrogen (secondary N) is 3. The molecule has 0 aliphatic heterocycles. The Hall–Kier alpha value is -3.39. The van der Waals surface area contributed by atoms with Crippen LogP contribution < -0.4 is 16.0 Å². The molecule has 8 heteroatoms. The van der Waals surface area contributed by atoms with E-state index in [1.165, 1.54) is 23.7 Å². The van der Waals surface area contributed by atoms with Crippen molar-refractivity contribution in [2.75, 3.05) is 17.2 Å². The summed E-state index contributed by atoms with van der Waals surface area (Å²) in [5.74, 6) is -0.933. The molecule has 0 radical (unpaired) electrons. The highest BCUT2D eigenvalue weighted by atomic mass is 32.1. The van der Waals surface area contributed by atoms with Crippen LogP contribution in [0.1, 0.15) is 25.8 Å². The molecule has 0 spiro atoms. The Morgan fingerprint density at radius 2 is 1.89 bits per heavy atom. The maximum Gasteiger partial charge on any atom is 0.287 e. The Morgan fingerprint density at radius 1 is 1.04 bits per heavy atom. The zero-order valence-corrected chi connectivity index (χ0v) is 15.3. The predicted octanol–water partition coefficient (Wildman–Crippen LogP) is 3.27. The van der Waals surface area contributed by atoms with Crippen LogP contribution in [0.25, 0.3) is 0 Å². The molecule has 1 aromatic carbocycles. The van der Waals surface area contributed by atoms with Crippen LogP contribution in [0.4, 0.5) is 11.4 Å². The van der Waals surface area contributed by atoms with Crippen molar-refractivity contribution in [3.05, 3.63) is 70.3 Å². The molecule has 0 aliphatic rings. The zero-order valence-electron chi connectivity index (χ0n) is 14.4. The summed E-state index contributed by atoms with van der Waals surface area (Å²) >= 11 is 1.35. The van der Waals surface area contributed by atoms with Gasteiger partial charge in [-0.05, 0) is 48.2 Å². The largest absolute Gasteiger partial charge is 0.459 e. The first-order valence-corrected chi connectivity index (χ1v) is 8.98. The minimum Gasteiger partial charge on any atom is -0.459 e. The van der Waals surface area contributed by atoms with Crippen LogP contribution in [0.3, 0.4) is 0 Å². The van der Waals surface area contributed by atoms with E-state index in [1.807, 2.05) is 12.3 Å². The summed E-state index contributed by atoms with van der Waals surface area (Å²) in [5, 5.41) is 9.82. The average molecular weight is 383 g/mol. The van der Waals surface area contributed by atoms with Crippen LogP contribution in [-0.2, 0) is 4.79 Å². The summed E-state index contributed by atoms with van der Waals surface area (Å²) in [6.07, 6.45) is 1.38. The molecule has 3 rings (SSSR count). The van der Waals surface area contributed by atoms with Crippen molar-refractivity contribution in [1.82, 2.24) is 5.32 Å². The SMILES string of the molecule is Cc1ccc(NC(=O)c2cccs2)cc1NC(=O)CNC(=O)c1ccco1. The van der Waals surface area contributed by atoms with E-state index in [1.54, 1.807) is 36.4 Å². The van der Waals surface area contributed by atoms with Crippen LogP contribution in [0.5, 0.6) is 0 Å². The van der Waals surface area contributed by atoms with Gasteiger partial charge in [-0.25, -0.2) is 0 Å². The molecule has 2 heterocycles. The third-order valence-corrected chi connectivity index (χ3v) is 4.54. The first kappa shape index (κ1) is 18.4. The molecule has 0 aliphatic carbocycles. The van der Waals surface area contributed by atoms with E-state index in [-0.39, 0.29) is 24.1 Å². The standard InChI is InChI=1S/C19H17N3O4S/c1-12-6-7-13(21-19(25)16-5-3-9-27-16)10-14(12)22-17(23)11-20-18(24)15-4-2-8-26-15/h2-10H,11H2,1H3,(H,20,24)(H,21,25)(H,22,23). The van der Waals surface area contributed by atoms with Gasteiger partial charge in [0.1, 0.15) is 0 Å². The van der Waals surface area contributed by atoms with Crippen molar-refractivity contribution in [1.29, 1.82) is 0 Å². The number of benzene rings is 1. The second-order valence-electron chi connectivity index (χ2n) is 5.67. The molecule has 0 atom stereocenters. The third kappa shape index (κ3) is 4.83. The second kappa shape index (κ2) is 8.33. The molecule has 0 bridgehead atoms. The van der Waals surface area contributed by atoms with Crippen molar-refractivity contribution < 1.29 is 18.8 Å². The van der Waals surface area contributed by atoms with Crippen molar-refractivity contribution in [2.45, 2.75) is 6.92 Å². The average Bonchev–Trinajstić information content (AvgIpc) is 3.36. The van der Waals surface area contributed by atoms with Gasteiger partial charge in [0, 0.05) is 11.4 Å². The Kier molecular flexibility index (Phi) is 5.68. The number of hydrogen-bond donors (Lipinski definition) is 3. The van der Waals surface area contributed by atoms with Crippen LogP contribution >= 0.6 is 11.3 Å². The van der Waals surface area contributed by atoms with E-state index in [4.69, 9.17) is 4.42 Å². The van der Waals surface area contributed by atoms with Crippen LogP contribution in [0, 0.1) is 6.92 Å². The number of carbonyl (C=O) groups is 3. The Morgan fingerprint density at radius 3 is 2.59 bits per heavy atom. The maximum absolute atomic E-state index is 12.1. The Balaban J connectivity index is 1.59. The summed E-state index contributed by atoms with van der Waals surface area (Å²) in [5.41, 5.74) is 1.94. The Bertz CT molecular complexity index is 950. The van der Waals surface area contributed by atoms with Gasteiger partial charge in [-0.3, -0.25) is 14.4 Å². The van der Waals surface area contributed by atoms with E-state index in [0.717, 1.165) is 5.56 Å². The molecule has 7 nitrogen and oxygen atoms in total. The molecule has 138 valence electrons. The first-order chi connectivity index (χ1) is 13.0. The highest BCUT2D eigenvalue weighted by Gasteiger charge is 2.12. The van der Waals surface area contributed by atoms with Gasteiger partial charge in [-0.1, -0.05) is 12.1 Å². The molecular formula is C19H17N3O4S. The van der Waals surface area contributed by atoms with Gasteiger partial charge in [-0.2, -0.15) is 0 Å². The molecule has 0 unspecified atom stereocenters. The van der Waals surface area contributed by atoms with Crippen molar-refractivity contribution in [2.24, 2.45) is 0 Å². The van der Waals surface area contributed by atoms with E-state index in [2.05, 4.69) is 16.0 Å². The summed E-state index contributed by atoms with van der Waals surface area (Å²) < 4.78 is 4.97. The van der Waals surface area contributed by atoms with Crippen LogP contribution in [-0.4, -0.2) is 24.3 Å². The van der Waals surface area contributed by atoms with E-state index in [9.17, 15) is 14.4 Å². The van der Waals surface area contributed by atoms with Gasteiger partial charge in [0.25, 0.3) is 11.8 Å². The molecule has 3 amide bonds. The number of amides is 3. The lowest BCUT2D eigenvalue weighted by Crippen LogP contribution is -2.32. The van der Waals surface area contributed by atoms with Gasteiger partial charge in [0.15, 0.2) is 5.76 Å². The fourth-order valence-corrected chi connectivity index (χ4v) is 2.90. The maximum atomic E-state index is 12.1. The molecule has 3 aromatic rings. The van der Waals surface area contributed by atoms with Crippen molar-refractivity contribution in [3.8, 4) is 0 Å². The third-order valence-electron chi connectivity index (χ3n) is 3.67. The number of anilines is 2. The van der Waals surface area contributed by atoms with E-state index >= 15 is 0 Å². The number of furan rings is 1. The minimum atomic E-state index is -0.469. The lowest BCUT2D eigenvalue weighted by Gasteiger charge is -2.11. The van der Waals surface area contributed by atoms with Crippen molar-refractivity contribution in [3.63, 3.8) is 0 Å². The van der Waals surface area contributed by atoms with Gasteiger partial charge < -0.3 is 20.4 Å². The van der Waals surface area contributed by atoms with Gasteiger partial charge in [0.05, 0.1) is 17.7 Å². The molecule has 0 saturated heterocycles. The highest BCUT2D eigenvalue weighted by Crippen LogP contribution is 2.21. The smallest absolute Gasteiger partial charge is 0.287 e. The molecule has 3 N–H and O–H groups in total. The summed E-state index contributed by atoms with van der Waals surface area (Å²) in [6, 6.07) is 11.9. The second-order valence-corrected chi connectivity index (χ2v) is 6.62. The van der Waals surface area contributed by atoms with Crippen LogP contribution in [0.15, 0.2) is 58.5 Å². The zero-order chi connectivity index (χ0) is 19.2. The fourth-order valence-electron chi connectivity index (χ4n) is 2.28. The summed E-state index contributed by atoms with van der Waals surface area (Å²) in [4.78, 5) is 36.6. The highest BCUT2D eigenvalue weighted by molar-refractivity contribution is 7.12. The molecule has 27 heavy (non-hydrogen) atoms. The normalized spacial score (nSPS) is 10.3. The number of rotatable bonds is 6. The number of thiophene rings is 1. The Labute approximate surface area is 159 Å². The van der Waals surface area contributed by atoms with E-state index < -0.39 is 5.91 Å². The van der Waals surface area contributed by atoms with Gasteiger partial charge in [0.2, 0.25) is 5.91 Å². The summed E-state index contributed by atoms with van der Waals surface area (Å²) in [7, 11) is 0. The molecule has 0 saturated carbocycles. The van der Waals surface area contributed by atoms with Crippen molar-refractivity contribution >= 4 is 40.4 Å². The fraction of sp³-hybridized carbons (Fsp3) is 0.105. The lowest BCUT2D eigenvalue weighted by atomic mass is 10.1. The topological polar surface area (TPSA) is 100 Å². The van der Waals surface area contributed by atoms with E-state index in [0.29, 0.717) is 16.3 Å². The quantitative estimate of drug-likeness (QED) is 0.608. The number of carbonyl (C=O) groups excluding carboxylic acids is 3. The molecule has 0 fully saturated rings.